The molecule has 0 aromatic carbocycles. The third-order valence-electron chi connectivity index (χ3n) is 1.92. The Hall–Kier alpha value is -1.69. The SMILES string of the molecule is COC(=O)c1cn2c(C)nnc2c(Cl)n1. The number of aromatic nitrogens is 4. The zero-order valence-corrected chi connectivity index (χ0v) is 8.82. The van der Waals surface area contributed by atoms with Crippen molar-refractivity contribution in [1.29, 1.82) is 0 Å². The van der Waals surface area contributed by atoms with Gasteiger partial charge in [-0.2, -0.15) is 0 Å². The highest BCUT2D eigenvalue weighted by Crippen LogP contribution is 2.14. The molecule has 0 unspecified atom stereocenters. The Morgan fingerprint density at radius 1 is 1.53 bits per heavy atom. The van der Waals surface area contributed by atoms with Gasteiger partial charge in [-0.05, 0) is 6.92 Å². The van der Waals surface area contributed by atoms with E-state index in [0.717, 1.165) is 0 Å². The molecule has 15 heavy (non-hydrogen) atoms. The molecule has 0 spiro atoms. The van der Waals surface area contributed by atoms with E-state index in [1.54, 1.807) is 11.3 Å². The quantitative estimate of drug-likeness (QED) is 0.675. The molecule has 0 saturated heterocycles. The lowest BCUT2D eigenvalue weighted by molar-refractivity contribution is 0.0593. The fourth-order valence-corrected chi connectivity index (χ4v) is 1.39. The Morgan fingerprint density at radius 3 is 2.93 bits per heavy atom. The van der Waals surface area contributed by atoms with E-state index in [2.05, 4.69) is 19.9 Å². The maximum Gasteiger partial charge on any atom is 0.358 e. The summed E-state index contributed by atoms with van der Waals surface area (Å²) in [6, 6.07) is 0. The molecule has 0 atom stereocenters. The van der Waals surface area contributed by atoms with Gasteiger partial charge < -0.3 is 4.74 Å². The van der Waals surface area contributed by atoms with Crippen LogP contribution in [0.3, 0.4) is 0 Å². The number of rotatable bonds is 1. The smallest absolute Gasteiger partial charge is 0.358 e. The molecule has 78 valence electrons. The van der Waals surface area contributed by atoms with Gasteiger partial charge in [-0.15, -0.1) is 10.2 Å². The minimum Gasteiger partial charge on any atom is -0.464 e. The van der Waals surface area contributed by atoms with Gasteiger partial charge in [0.25, 0.3) is 0 Å². The van der Waals surface area contributed by atoms with E-state index in [9.17, 15) is 4.79 Å². The van der Waals surface area contributed by atoms with Gasteiger partial charge in [0.1, 0.15) is 5.82 Å². The number of nitrogens with zero attached hydrogens (tertiary/aromatic N) is 4. The number of halogens is 1. The average Bonchev–Trinajstić information content (AvgIpc) is 2.60. The van der Waals surface area contributed by atoms with Crippen molar-refractivity contribution in [2.45, 2.75) is 6.92 Å². The molecule has 2 heterocycles. The molecule has 0 aliphatic rings. The van der Waals surface area contributed by atoms with Crippen molar-refractivity contribution in [2.75, 3.05) is 7.11 Å². The van der Waals surface area contributed by atoms with Crippen molar-refractivity contribution >= 4 is 23.2 Å². The van der Waals surface area contributed by atoms with E-state index < -0.39 is 5.97 Å². The van der Waals surface area contributed by atoms with Gasteiger partial charge in [0.2, 0.25) is 0 Å². The van der Waals surface area contributed by atoms with Crippen LogP contribution < -0.4 is 0 Å². The predicted octanol–water partition coefficient (Wildman–Crippen LogP) is 0.873. The van der Waals surface area contributed by atoms with Crippen molar-refractivity contribution in [3.63, 3.8) is 0 Å². The second kappa shape index (κ2) is 3.47. The molecule has 0 amide bonds. The molecule has 2 rings (SSSR count). The van der Waals surface area contributed by atoms with Crippen LogP contribution in [0.4, 0.5) is 0 Å². The van der Waals surface area contributed by atoms with Crippen molar-refractivity contribution in [1.82, 2.24) is 19.6 Å². The van der Waals surface area contributed by atoms with E-state index >= 15 is 0 Å². The summed E-state index contributed by atoms with van der Waals surface area (Å²) in [5.41, 5.74) is 0.541. The Balaban J connectivity index is 2.70. The predicted molar refractivity (Wildman–Crippen MR) is 51.9 cm³/mol. The van der Waals surface area contributed by atoms with Crippen LogP contribution in [0.2, 0.25) is 5.15 Å². The molecule has 0 saturated carbocycles. The number of ether oxygens (including phenoxy) is 1. The Bertz CT molecular complexity index is 537. The number of hydrogen-bond donors (Lipinski definition) is 0. The largest absolute Gasteiger partial charge is 0.464 e. The lowest BCUT2D eigenvalue weighted by Gasteiger charge is -2.01. The third-order valence-corrected chi connectivity index (χ3v) is 2.17. The summed E-state index contributed by atoms with van der Waals surface area (Å²) < 4.78 is 6.13. The fourth-order valence-electron chi connectivity index (χ4n) is 1.17. The van der Waals surface area contributed by atoms with Crippen molar-refractivity contribution < 1.29 is 9.53 Å². The molecule has 0 aliphatic carbocycles. The van der Waals surface area contributed by atoms with E-state index in [4.69, 9.17) is 11.6 Å². The number of hydrogen-bond acceptors (Lipinski definition) is 5. The third kappa shape index (κ3) is 1.52. The molecule has 0 aliphatic heterocycles. The van der Waals surface area contributed by atoms with Crippen LogP contribution in [-0.4, -0.2) is 32.7 Å². The van der Waals surface area contributed by atoms with Crippen LogP contribution in [0.15, 0.2) is 6.20 Å². The summed E-state index contributed by atoms with van der Waals surface area (Å²) in [6.45, 7) is 1.75. The number of aryl methyl sites for hydroxylation is 1. The summed E-state index contributed by atoms with van der Waals surface area (Å²) in [5.74, 6) is 0.0753. The van der Waals surface area contributed by atoms with Gasteiger partial charge in [0, 0.05) is 6.20 Å². The second-order valence-electron chi connectivity index (χ2n) is 2.85. The fraction of sp³-hybridized carbons (Fsp3) is 0.250. The van der Waals surface area contributed by atoms with Gasteiger partial charge >= 0.3 is 5.97 Å². The molecule has 2 aromatic heterocycles. The zero-order valence-electron chi connectivity index (χ0n) is 8.06. The first-order valence-electron chi connectivity index (χ1n) is 4.09. The van der Waals surface area contributed by atoms with Gasteiger partial charge in [0.15, 0.2) is 16.5 Å². The molecule has 6 nitrogen and oxygen atoms in total. The molecule has 7 heteroatoms. The topological polar surface area (TPSA) is 69.4 Å². The van der Waals surface area contributed by atoms with Crippen molar-refractivity contribution in [2.24, 2.45) is 0 Å². The molecule has 0 bridgehead atoms. The second-order valence-corrected chi connectivity index (χ2v) is 3.21. The number of esters is 1. The van der Waals surface area contributed by atoms with Gasteiger partial charge in [0.05, 0.1) is 7.11 Å². The van der Waals surface area contributed by atoms with E-state index in [-0.39, 0.29) is 10.8 Å². The highest BCUT2D eigenvalue weighted by Gasteiger charge is 2.14. The molecular formula is C8H7ClN4O2. The molecule has 0 N–H and O–H groups in total. The van der Waals surface area contributed by atoms with Gasteiger partial charge in [-0.1, -0.05) is 11.6 Å². The minimum absolute atomic E-state index is 0.123. The maximum atomic E-state index is 11.2. The number of carbonyl (C=O) groups excluding carboxylic acids is 1. The lowest BCUT2D eigenvalue weighted by Crippen LogP contribution is -2.07. The molecule has 2 aromatic rings. The van der Waals surface area contributed by atoms with Crippen LogP contribution in [0.5, 0.6) is 0 Å². The number of methoxy groups -OCH3 is 1. The first-order valence-corrected chi connectivity index (χ1v) is 4.47. The summed E-state index contributed by atoms with van der Waals surface area (Å²) >= 11 is 5.83. The minimum atomic E-state index is -0.549. The zero-order chi connectivity index (χ0) is 11.0. The maximum absolute atomic E-state index is 11.2. The summed E-state index contributed by atoms with van der Waals surface area (Å²) in [4.78, 5) is 15.1. The highest BCUT2D eigenvalue weighted by atomic mass is 35.5. The van der Waals surface area contributed by atoms with E-state index in [0.29, 0.717) is 11.5 Å². The van der Waals surface area contributed by atoms with Gasteiger partial charge in [-0.3, -0.25) is 4.40 Å². The molecule has 0 radical (unpaired) electrons. The van der Waals surface area contributed by atoms with E-state index in [1.807, 2.05) is 0 Å². The standard InChI is InChI=1S/C8H7ClN4O2/c1-4-11-12-7-6(9)10-5(3-13(4)7)8(14)15-2/h3H,1-2H3. The van der Waals surface area contributed by atoms with Crippen LogP contribution in [0.25, 0.3) is 5.65 Å². The number of carbonyl (C=O) groups is 1. The van der Waals surface area contributed by atoms with Gasteiger partial charge in [-0.25, -0.2) is 9.78 Å². The lowest BCUT2D eigenvalue weighted by atomic mass is 10.4. The monoisotopic (exact) mass is 226 g/mol. The summed E-state index contributed by atoms with van der Waals surface area (Å²) in [6.07, 6.45) is 1.49. The first-order chi connectivity index (χ1) is 7.13. The van der Waals surface area contributed by atoms with E-state index in [1.165, 1.54) is 13.3 Å². The Morgan fingerprint density at radius 2 is 2.27 bits per heavy atom. The van der Waals surface area contributed by atoms with Crippen LogP contribution >= 0.6 is 11.6 Å². The Labute approximate surface area is 89.9 Å². The highest BCUT2D eigenvalue weighted by molar-refractivity contribution is 6.32. The summed E-state index contributed by atoms with van der Waals surface area (Å²) in [5, 5.41) is 7.75. The molecular weight excluding hydrogens is 220 g/mol. The average molecular weight is 227 g/mol. The summed E-state index contributed by atoms with van der Waals surface area (Å²) in [7, 11) is 1.28. The first kappa shape index (κ1) is 9.85. The number of fused-ring (bicyclic) bond motifs is 1. The normalized spacial score (nSPS) is 10.6. The Kier molecular flexibility index (Phi) is 2.28. The van der Waals surface area contributed by atoms with Crippen molar-refractivity contribution in [3.05, 3.63) is 22.9 Å². The van der Waals surface area contributed by atoms with Crippen LogP contribution in [-0.2, 0) is 4.74 Å². The molecule has 0 fully saturated rings. The van der Waals surface area contributed by atoms with Crippen LogP contribution in [0, 0.1) is 6.92 Å². The van der Waals surface area contributed by atoms with Crippen LogP contribution in [0.1, 0.15) is 16.3 Å². The van der Waals surface area contributed by atoms with Crippen molar-refractivity contribution in [3.8, 4) is 0 Å².